The molecule has 2 aromatic carbocycles. The van der Waals surface area contributed by atoms with Gasteiger partial charge in [0.2, 0.25) is 0 Å². The largest absolute Gasteiger partial charge is 0.491 e. The zero-order valence-corrected chi connectivity index (χ0v) is 15.5. The third kappa shape index (κ3) is 4.50. The lowest BCUT2D eigenvalue weighted by Gasteiger charge is -2.11. The van der Waals surface area contributed by atoms with Crippen LogP contribution in [-0.2, 0) is 6.42 Å². The quantitative estimate of drug-likeness (QED) is 0.465. The lowest BCUT2D eigenvalue weighted by atomic mass is 10.1. The fourth-order valence-corrected chi connectivity index (χ4v) is 4.35. The molecule has 0 unspecified atom stereocenters. The Morgan fingerprint density at radius 1 is 1.00 bits per heavy atom. The molecule has 0 bridgehead atoms. The summed E-state index contributed by atoms with van der Waals surface area (Å²) in [5.41, 5.74) is 7.81. The van der Waals surface area contributed by atoms with E-state index in [0.29, 0.717) is 6.61 Å². The second-order valence-electron chi connectivity index (χ2n) is 4.40. The fourth-order valence-electron chi connectivity index (χ4n) is 1.87. The van der Waals surface area contributed by atoms with Crippen molar-refractivity contribution in [2.24, 2.45) is 0 Å². The molecule has 2 N–H and O–H groups in total. The number of hydrogen-bond acceptors (Lipinski definition) is 2. The molecule has 0 fully saturated rings. The molecule has 106 valence electrons. The standard InChI is InChI=1S/C15H14Br3NO/c16-11-8-13(17)15(14(18)9-11)20-6-2-4-10-3-1-5-12(19)7-10/h1,3,5,7-9H,2,4,6,19H2. The maximum absolute atomic E-state index is 5.83. The minimum atomic E-state index is 0.660. The van der Waals surface area contributed by atoms with E-state index in [2.05, 4.69) is 53.9 Å². The second kappa shape index (κ2) is 7.48. The molecule has 0 aromatic heterocycles. The number of halogens is 3. The van der Waals surface area contributed by atoms with Crippen molar-refractivity contribution in [2.75, 3.05) is 12.3 Å². The van der Waals surface area contributed by atoms with Crippen LogP contribution in [0.3, 0.4) is 0 Å². The van der Waals surface area contributed by atoms with Gasteiger partial charge in [0.15, 0.2) is 0 Å². The van der Waals surface area contributed by atoms with E-state index in [1.54, 1.807) is 0 Å². The van der Waals surface area contributed by atoms with Crippen molar-refractivity contribution >= 4 is 53.5 Å². The summed E-state index contributed by atoms with van der Waals surface area (Å²) in [6.07, 6.45) is 1.90. The second-order valence-corrected chi connectivity index (χ2v) is 7.02. The number of nitrogens with two attached hydrogens (primary N) is 1. The van der Waals surface area contributed by atoms with E-state index >= 15 is 0 Å². The van der Waals surface area contributed by atoms with Gasteiger partial charge in [0, 0.05) is 10.2 Å². The average Bonchev–Trinajstić information content (AvgIpc) is 2.36. The minimum absolute atomic E-state index is 0.660. The van der Waals surface area contributed by atoms with Gasteiger partial charge >= 0.3 is 0 Å². The Bertz CT molecular complexity index is 578. The molecule has 2 aromatic rings. The number of ether oxygens (including phenoxy) is 1. The van der Waals surface area contributed by atoms with Crippen LogP contribution in [0.5, 0.6) is 5.75 Å². The van der Waals surface area contributed by atoms with E-state index in [1.807, 2.05) is 30.3 Å². The minimum Gasteiger partial charge on any atom is -0.491 e. The van der Waals surface area contributed by atoms with Crippen LogP contribution < -0.4 is 10.5 Å². The third-order valence-electron chi connectivity index (χ3n) is 2.77. The molecule has 0 heterocycles. The smallest absolute Gasteiger partial charge is 0.147 e. The van der Waals surface area contributed by atoms with Crippen molar-refractivity contribution in [1.82, 2.24) is 0 Å². The Balaban J connectivity index is 1.88. The Morgan fingerprint density at radius 3 is 2.35 bits per heavy atom. The Morgan fingerprint density at radius 2 is 1.70 bits per heavy atom. The van der Waals surface area contributed by atoms with Gasteiger partial charge in [-0.05, 0) is 74.5 Å². The van der Waals surface area contributed by atoms with E-state index < -0.39 is 0 Å². The number of nitrogen functional groups attached to an aromatic ring is 1. The summed E-state index contributed by atoms with van der Waals surface area (Å²) in [5, 5.41) is 0. The van der Waals surface area contributed by atoms with Crippen LogP contribution in [0.2, 0.25) is 0 Å². The van der Waals surface area contributed by atoms with Crippen LogP contribution in [0, 0.1) is 0 Å². The van der Waals surface area contributed by atoms with Crippen LogP contribution in [0.1, 0.15) is 12.0 Å². The highest BCUT2D eigenvalue weighted by molar-refractivity contribution is 9.11. The van der Waals surface area contributed by atoms with Gasteiger partial charge in [0.1, 0.15) is 5.75 Å². The summed E-state index contributed by atoms with van der Waals surface area (Å²) in [5.74, 6) is 0.834. The van der Waals surface area contributed by atoms with Crippen LogP contribution in [0.15, 0.2) is 49.8 Å². The SMILES string of the molecule is Nc1cccc(CCCOc2c(Br)cc(Br)cc2Br)c1. The van der Waals surface area contributed by atoms with Gasteiger partial charge < -0.3 is 10.5 Å². The van der Waals surface area contributed by atoms with Gasteiger partial charge in [0.05, 0.1) is 15.6 Å². The van der Waals surface area contributed by atoms with Crippen LogP contribution >= 0.6 is 47.8 Å². The van der Waals surface area contributed by atoms with Crippen LogP contribution in [-0.4, -0.2) is 6.61 Å². The summed E-state index contributed by atoms with van der Waals surface area (Å²) >= 11 is 10.4. The molecule has 0 aliphatic rings. The summed E-state index contributed by atoms with van der Waals surface area (Å²) in [4.78, 5) is 0. The zero-order chi connectivity index (χ0) is 14.5. The summed E-state index contributed by atoms with van der Waals surface area (Å²) < 4.78 is 8.70. The first-order valence-electron chi connectivity index (χ1n) is 6.18. The molecule has 0 atom stereocenters. The van der Waals surface area contributed by atoms with Crippen LogP contribution in [0.4, 0.5) is 5.69 Å². The Hall–Kier alpha value is -0.520. The number of rotatable bonds is 5. The van der Waals surface area contributed by atoms with Crippen molar-refractivity contribution < 1.29 is 4.74 Å². The van der Waals surface area contributed by atoms with E-state index in [1.165, 1.54) is 5.56 Å². The van der Waals surface area contributed by atoms with Gasteiger partial charge in [-0.3, -0.25) is 0 Å². The molecule has 2 rings (SSSR count). The third-order valence-corrected chi connectivity index (χ3v) is 4.41. The molecule has 0 aliphatic heterocycles. The maximum Gasteiger partial charge on any atom is 0.147 e. The van der Waals surface area contributed by atoms with Gasteiger partial charge in [0.25, 0.3) is 0 Å². The van der Waals surface area contributed by atoms with E-state index in [0.717, 1.165) is 37.7 Å². The number of aryl methyl sites for hydroxylation is 1. The molecule has 0 radical (unpaired) electrons. The Kier molecular flexibility index (Phi) is 5.93. The molecular weight excluding hydrogens is 450 g/mol. The molecule has 0 amide bonds. The molecule has 0 saturated carbocycles. The molecular formula is C15H14Br3NO. The Labute approximate surface area is 144 Å². The predicted octanol–water partition coefficient (Wildman–Crippen LogP) is 5.57. The number of anilines is 1. The first-order chi connectivity index (χ1) is 9.56. The van der Waals surface area contributed by atoms with Crippen LogP contribution in [0.25, 0.3) is 0 Å². The normalized spacial score (nSPS) is 10.6. The van der Waals surface area contributed by atoms with Gasteiger partial charge in [-0.1, -0.05) is 28.1 Å². The van der Waals surface area contributed by atoms with E-state index in [-0.39, 0.29) is 0 Å². The first kappa shape index (κ1) is 15.9. The van der Waals surface area contributed by atoms with Crippen molar-refractivity contribution in [2.45, 2.75) is 12.8 Å². The van der Waals surface area contributed by atoms with E-state index in [4.69, 9.17) is 10.5 Å². The number of benzene rings is 2. The highest BCUT2D eigenvalue weighted by atomic mass is 79.9. The molecule has 2 nitrogen and oxygen atoms in total. The van der Waals surface area contributed by atoms with Crippen molar-refractivity contribution in [3.8, 4) is 5.75 Å². The molecule has 0 aliphatic carbocycles. The predicted molar refractivity (Wildman–Crippen MR) is 94.2 cm³/mol. The van der Waals surface area contributed by atoms with Gasteiger partial charge in [-0.2, -0.15) is 0 Å². The van der Waals surface area contributed by atoms with Gasteiger partial charge in [-0.25, -0.2) is 0 Å². The van der Waals surface area contributed by atoms with Crippen molar-refractivity contribution in [1.29, 1.82) is 0 Å². The summed E-state index contributed by atoms with van der Waals surface area (Å²) in [7, 11) is 0. The molecule has 0 saturated heterocycles. The fraction of sp³-hybridized carbons (Fsp3) is 0.200. The van der Waals surface area contributed by atoms with E-state index in [9.17, 15) is 0 Å². The zero-order valence-electron chi connectivity index (χ0n) is 10.7. The number of hydrogen-bond donors (Lipinski definition) is 1. The topological polar surface area (TPSA) is 35.2 Å². The highest BCUT2D eigenvalue weighted by Crippen LogP contribution is 2.36. The lowest BCUT2D eigenvalue weighted by Crippen LogP contribution is -2.01. The van der Waals surface area contributed by atoms with Gasteiger partial charge in [-0.15, -0.1) is 0 Å². The summed E-state index contributed by atoms with van der Waals surface area (Å²) in [6.45, 7) is 0.660. The van der Waals surface area contributed by atoms with Crippen molar-refractivity contribution in [3.63, 3.8) is 0 Å². The van der Waals surface area contributed by atoms with Crippen molar-refractivity contribution in [3.05, 3.63) is 55.4 Å². The monoisotopic (exact) mass is 461 g/mol. The average molecular weight is 464 g/mol. The molecule has 0 spiro atoms. The maximum atomic E-state index is 5.83. The first-order valence-corrected chi connectivity index (χ1v) is 8.56. The molecule has 5 heteroatoms. The lowest BCUT2D eigenvalue weighted by molar-refractivity contribution is 0.307. The highest BCUT2D eigenvalue weighted by Gasteiger charge is 2.08. The summed E-state index contributed by atoms with van der Waals surface area (Å²) in [6, 6.07) is 11.9. The molecule has 20 heavy (non-hydrogen) atoms.